The molecule has 0 aliphatic heterocycles. The van der Waals surface area contributed by atoms with Gasteiger partial charge in [0.2, 0.25) is 0 Å². The molecular formula is C14H15NO3S. The van der Waals surface area contributed by atoms with Crippen LogP contribution in [-0.2, 0) is 11.2 Å². The van der Waals surface area contributed by atoms with Crippen molar-refractivity contribution < 1.29 is 14.3 Å². The molecule has 0 bridgehead atoms. The maximum atomic E-state index is 11.5. The molecule has 0 spiro atoms. The van der Waals surface area contributed by atoms with Gasteiger partial charge in [0.1, 0.15) is 5.75 Å². The normalized spacial score (nSPS) is 10.2. The van der Waals surface area contributed by atoms with Crippen LogP contribution in [0.1, 0.15) is 29.9 Å². The molecule has 0 unspecified atom stereocenters. The summed E-state index contributed by atoms with van der Waals surface area (Å²) >= 11 is 1.46. The Morgan fingerprint density at radius 2 is 2.00 bits per heavy atom. The summed E-state index contributed by atoms with van der Waals surface area (Å²) in [5.74, 6) is 0.335. The molecule has 0 amide bonds. The molecule has 1 aromatic heterocycles. The van der Waals surface area contributed by atoms with E-state index in [1.807, 2.05) is 12.3 Å². The molecule has 0 N–H and O–H groups in total. The number of thiazole rings is 1. The molecule has 2 rings (SSSR count). The van der Waals surface area contributed by atoms with E-state index in [0.29, 0.717) is 23.1 Å². The predicted octanol–water partition coefficient (Wildman–Crippen LogP) is 3.67. The van der Waals surface area contributed by atoms with Crippen LogP contribution in [0.3, 0.4) is 0 Å². The minimum atomic E-state index is -0.323. The summed E-state index contributed by atoms with van der Waals surface area (Å²) in [7, 11) is 0. The van der Waals surface area contributed by atoms with Gasteiger partial charge in [-0.1, -0.05) is 18.3 Å². The second kappa shape index (κ2) is 6.33. The molecule has 0 atom stereocenters. The second-order valence-corrected chi connectivity index (χ2v) is 4.63. The monoisotopic (exact) mass is 277 g/mol. The van der Waals surface area contributed by atoms with Crippen molar-refractivity contribution >= 4 is 17.3 Å². The third-order valence-electron chi connectivity index (χ3n) is 2.46. The zero-order valence-electron chi connectivity index (χ0n) is 10.9. The van der Waals surface area contributed by atoms with Gasteiger partial charge in [-0.25, -0.2) is 9.78 Å². The van der Waals surface area contributed by atoms with E-state index in [-0.39, 0.29) is 5.97 Å². The molecule has 0 saturated carbocycles. The Bertz CT molecular complexity index is 548. The number of benzene rings is 1. The average molecular weight is 277 g/mol. The Morgan fingerprint density at radius 1 is 1.26 bits per heavy atom. The van der Waals surface area contributed by atoms with E-state index in [1.165, 1.54) is 11.3 Å². The topological polar surface area (TPSA) is 48.4 Å². The summed E-state index contributed by atoms with van der Waals surface area (Å²) in [6, 6.07) is 6.84. The van der Waals surface area contributed by atoms with Gasteiger partial charge in [-0.3, -0.25) is 0 Å². The molecule has 100 valence electrons. The van der Waals surface area contributed by atoms with E-state index < -0.39 is 0 Å². The molecular weight excluding hydrogens is 262 g/mol. The van der Waals surface area contributed by atoms with Crippen molar-refractivity contribution in [3.05, 3.63) is 40.9 Å². The van der Waals surface area contributed by atoms with Gasteiger partial charge in [0, 0.05) is 5.38 Å². The Labute approximate surface area is 116 Å². The maximum Gasteiger partial charge on any atom is 0.338 e. The van der Waals surface area contributed by atoms with Crippen LogP contribution < -0.4 is 4.74 Å². The highest BCUT2D eigenvalue weighted by Gasteiger charge is 2.07. The number of rotatable bonds is 5. The number of ether oxygens (including phenoxy) is 2. The number of hydrogen-bond donors (Lipinski definition) is 0. The summed E-state index contributed by atoms with van der Waals surface area (Å²) in [6.07, 6.45) is 0.891. The molecule has 4 nitrogen and oxygen atoms in total. The van der Waals surface area contributed by atoms with Gasteiger partial charge in [-0.05, 0) is 37.6 Å². The zero-order chi connectivity index (χ0) is 13.7. The first-order chi connectivity index (χ1) is 9.22. The van der Waals surface area contributed by atoms with Crippen LogP contribution in [0.25, 0.3) is 0 Å². The molecule has 0 fully saturated rings. The van der Waals surface area contributed by atoms with Crippen molar-refractivity contribution in [2.24, 2.45) is 0 Å². The van der Waals surface area contributed by atoms with Crippen LogP contribution >= 0.6 is 11.3 Å². The van der Waals surface area contributed by atoms with E-state index in [1.54, 1.807) is 31.2 Å². The Balaban J connectivity index is 2.04. The third-order valence-corrected chi connectivity index (χ3v) is 3.23. The largest absolute Gasteiger partial charge is 0.462 e. The van der Waals surface area contributed by atoms with Crippen LogP contribution in [0.4, 0.5) is 0 Å². The summed E-state index contributed by atoms with van der Waals surface area (Å²) in [4.78, 5) is 15.8. The molecule has 1 heterocycles. The fourth-order valence-corrected chi connectivity index (χ4v) is 2.24. The summed E-state index contributed by atoms with van der Waals surface area (Å²) in [5, 5.41) is 2.59. The van der Waals surface area contributed by atoms with Crippen LogP contribution in [0, 0.1) is 0 Å². The molecule has 0 radical (unpaired) electrons. The van der Waals surface area contributed by atoms with Crippen LogP contribution in [0.2, 0.25) is 0 Å². The van der Waals surface area contributed by atoms with Crippen LogP contribution in [0.5, 0.6) is 10.9 Å². The first-order valence-electron chi connectivity index (χ1n) is 6.12. The highest BCUT2D eigenvalue weighted by atomic mass is 32.1. The Hall–Kier alpha value is -1.88. The second-order valence-electron chi connectivity index (χ2n) is 3.81. The van der Waals surface area contributed by atoms with E-state index >= 15 is 0 Å². The fourth-order valence-electron chi connectivity index (χ4n) is 1.47. The lowest BCUT2D eigenvalue weighted by Gasteiger charge is -2.04. The van der Waals surface area contributed by atoms with Crippen LogP contribution in [0.15, 0.2) is 29.6 Å². The first-order valence-corrected chi connectivity index (χ1v) is 7.00. The van der Waals surface area contributed by atoms with E-state index in [9.17, 15) is 4.79 Å². The number of aromatic nitrogens is 1. The number of aryl methyl sites for hydroxylation is 1. The van der Waals surface area contributed by atoms with Crippen molar-refractivity contribution in [1.29, 1.82) is 0 Å². The number of nitrogens with zero attached hydrogens (tertiary/aromatic N) is 1. The van der Waals surface area contributed by atoms with Gasteiger partial charge in [0.25, 0.3) is 5.19 Å². The van der Waals surface area contributed by atoms with Gasteiger partial charge in [0.05, 0.1) is 17.9 Å². The van der Waals surface area contributed by atoms with Gasteiger partial charge in [-0.2, -0.15) is 0 Å². The number of hydrogen-bond acceptors (Lipinski definition) is 5. The van der Waals surface area contributed by atoms with Gasteiger partial charge >= 0.3 is 5.97 Å². The fraction of sp³-hybridized carbons (Fsp3) is 0.286. The van der Waals surface area contributed by atoms with Crippen molar-refractivity contribution in [2.75, 3.05) is 6.61 Å². The number of esters is 1. The SMILES string of the molecule is CCOC(=O)c1ccc(Oc2nc(CC)cs2)cc1. The highest BCUT2D eigenvalue weighted by Crippen LogP contribution is 2.25. The van der Waals surface area contributed by atoms with Gasteiger partial charge in [-0.15, -0.1) is 0 Å². The van der Waals surface area contributed by atoms with E-state index in [2.05, 4.69) is 4.98 Å². The van der Waals surface area contributed by atoms with Crippen molar-refractivity contribution in [3.63, 3.8) is 0 Å². The van der Waals surface area contributed by atoms with Crippen molar-refractivity contribution in [3.8, 4) is 10.9 Å². The number of carbonyl (C=O) groups excluding carboxylic acids is 1. The molecule has 0 aliphatic carbocycles. The summed E-state index contributed by atoms with van der Waals surface area (Å²) in [5.41, 5.74) is 1.53. The van der Waals surface area contributed by atoms with Crippen molar-refractivity contribution in [2.45, 2.75) is 20.3 Å². The smallest absolute Gasteiger partial charge is 0.338 e. The van der Waals surface area contributed by atoms with Crippen LogP contribution in [-0.4, -0.2) is 17.6 Å². The summed E-state index contributed by atoms with van der Waals surface area (Å²) < 4.78 is 10.5. The standard InChI is InChI=1S/C14H15NO3S/c1-3-11-9-19-14(15-11)18-12-7-5-10(6-8-12)13(16)17-4-2/h5-9H,3-4H2,1-2H3. The Kier molecular flexibility index (Phi) is 4.52. The average Bonchev–Trinajstić information content (AvgIpc) is 2.87. The lowest BCUT2D eigenvalue weighted by Crippen LogP contribution is -2.03. The molecule has 19 heavy (non-hydrogen) atoms. The zero-order valence-corrected chi connectivity index (χ0v) is 11.7. The lowest BCUT2D eigenvalue weighted by molar-refractivity contribution is 0.0526. The molecule has 0 saturated heterocycles. The quantitative estimate of drug-likeness (QED) is 0.782. The Morgan fingerprint density at radius 3 is 2.58 bits per heavy atom. The molecule has 0 aliphatic rings. The first kappa shape index (κ1) is 13.5. The van der Waals surface area contributed by atoms with Gasteiger partial charge < -0.3 is 9.47 Å². The molecule has 2 aromatic rings. The predicted molar refractivity (Wildman–Crippen MR) is 74.0 cm³/mol. The molecule has 5 heteroatoms. The minimum absolute atomic E-state index is 0.323. The van der Waals surface area contributed by atoms with Gasteiger partial charge in [0.15, 0.2) is 0 Å². The highest BCUT2D eigenvalue weighted by molar-refractivity contribution is 7.11. The minimum Gasteiger partial charge on any atom is -0.462 e. The third kappa shape index (κ3) is 3.54. The lowest BCUT2D eigenvalue weighted by atomic mass is 10.2. The number of carbonyl (C=O) groups is 1. The van der Waals surface area contributed by atoms with E-state index in [4.69, 9.17) is 9.47 Å². The van der Waals surface area contributed by atoms with E-state index in [0.717, 1.165) is 12.1 Å². The summed E-state index contributed by atoms with van der Waals surface area (Å²) in [6.45, 7) is 4.20. The molecule has 1 aromatic carbocycles. The van der Waals surface area contributed by atoms with Crippen molar-refractivity contribution in [1.82, 2.24) is 4.98 Å². The maximum absolute atomic E-state index is 11.5.